The smallest absolute Gasteiger partial charge is 0.405 e. The van der Waals surface area contributed by atoms with E-state index in [2.05, 4.69) is 10.1 Å². The molecule has 0 spiro atoms. The highest BCUT2D eigenvalue weighted by atomic mass is 35.5. The molecule has 0 radical (unpaired) electrons. The summed E-state index contributed by atoms with van der Waals surface area (Å²) in [6, 6.07) is 5.87. The van der Waals surface area contributed by atoms with E-state index < -0.39 is 6.36 Å². The second-order valence-electron chi connectivity index (χ2n) is 5.35. The van der Waals surface area contributed by atoms with Crippen LogP contribution in [0.25, 0.3) is 6.08 Å². The molecule has 1 aliphatic rings. The zero-order chi connectivity index (χ0) is 16.9. The Morgan fingerprint density at radius 3 is 2.54 bits per heavy atom. The summed E-state index contributed by atoms with van der Waals surface area (Å²) in [4.78, 5) is 13.8. The van der Waals surface area contributed by atoms with Gasteiger partial charge in [0.2, 0.25) is 5.91 Å². The number of halogens is 4. The van der Waals surface area contributed by atoms with Crippen LogP contribution in [0.1, 0.15) is 18.4 Å². The van der Waals surface area contributed by atoms with Crippen molar-refractivity contribution in [3.05, 3.63) is 35.9 Å². The van der Waals surface area contributed by atoms with Crippen molar-refractivity contribution >= 4 is 24.4 Å². The van der Waals surface area contributed by atoms with Crippen LogP contribution in [0.5, 0.6) is 5.75 Å². The van der Waals surface area contributed by atoms with Crippen molar-refractivity contribution in [3.63, 3.8) is 0 Å². The molecule has 0 aromatic heterocycles. The van der Waals surface area contributed by atoms with Gasteiger partial charge in [-0.15, -0.1) is 25.6 Å². The van der Waals surface area contributed by atoms with Crippen LogP contribution in [-0.2, 0) is 4.79 Å². The molecule has 0 unspecified atom stereocenters. The number of amides is 1. The maximum atomic E-state index is 12.4. The Bertz CT molecular complexity index is 573. The average molecular weight is 365 g/mol. The highest BCUT2D eigenvalue weighted by Gasteiger charge is 2.31. The van der Waals surface area contributed by atoms with Gasteiger partial charge in [-0.1, -0.05) is 18.2 Å². The Kier molecular flexibility index (Phi) is 7.57. The molecule has 2 rings (SSSR count). The topological polar surface area (TPSA) is 41.6 Å². The number of carbonyl (C=O) groups is 1. The van der Waals surface area contributed by atoms with Gasteiger partial charge < -0.3 is 15.0 Å². The van der Waals surface area contributed by atoms with Crippen LogP contribution in [0.4, 0.5) is 13.2 Å². The summed E-state index contributed by atoms with van der Waals surface area (Å²) >= 11 is 0. The lowest BCUT2D eigenvalue weighted by atomic mass is 10.1. The largest absolute Gasteiger partial charge is 0.573 e. The summed E-state index contributed by atoms with van der Waals surface area (Å²) < 4.78 is 41.0. The number of hydrogen-bond acceptors (Lipinski definition) is 3. The Labute approximate surface area is 145 Å². The van der Waals surface area contributed by atoms with Crippen LogP contribution in [0, 0.1) is 0 Å². The van der Waals surface area contributed by atoms with E-state index in [1.54, 1.807) is 18.0 Å². The van der Waals surface area contributed by atoms with Crippen molar-refractivity contribution in [1.29, 1.82) is 0 Å². The predicted molar refractivity (Wildman–Crippen MR) is 88.1 cm³/mol. The number of hydrogen-bond donors (Lipinski definition) is 1. The van der Waals surface area contributed by atoms with Crippen molar-refractivity contribution in [1.82, 2.24) is 10.2 Å². The molecule has 134 valence electrons. The third kappa shape index (κ3) is 6.05. The zero-order valence-corrected chi connectivity index (χ0v) is 14.0. The van der Waals surface area contributed by atoms with E-state index in [1.807, 2.05) is 0 Å². The van der Waals surface area contributed by atoms with Gasteiger partial charge in [0, 0.05) is 24.7 Å². The zero-order valence-electron chi connectivity index (χ0n) is 13.2. The predicted octanol–water partition coefficient (Wildman–Crippen LogP) is 3.23. The molecule has 0 atom stereocenters. The number of nitrogens with zero attached hydrogens (tertiary/aromatic N) is 1. The van der Waals surface area contributed by atoms with Gasteiger partial charge in [-0.25, -0.2) is 0 Å². The van der Waals surface area contributed by atoms with E-state index >= 15 is 0 Å². The number of carbonyl (C=O) groups excluding carboxylic acids is 1. The second kappa shape index (κ2) is 8.94. The minimum atomic E-state index is -4.76. The molecule has 24 heavy (non-hydrogen) atoms. The fraction of sp³-hybridized carbons (Fsp3) is 0.438. The molecular formula is C16H20ClF3N2O2. The Balaban J connectivity index is 0.00000288. The van der Waals surface area contributed by atoms with Crippen LogP contribution >= 0.6 is 12.4 Å². The molecule has 1 amide bonds. The van der Waals surface area contributed by atoms with Crippen LogP contribution in [-0.4, -0.2) is 43.3 Å². The molecule has 0 saturated carbocycles. The van der Waals surface area contributed by atoms with Crippen molar-refractivity contribution < 1.29 is 22.7 Å². The van der Waals surface area contributed by atoms with Crippen molar-refractivity contribution in [2.24, 2.45) is 0 Å². The van der Waals surface area contributed by atoms with Gasteiger partial charge >= 0.3 is 6.36 Å². The van der Waals surface area contributed by atoms with E-state index in [0.29, 0.717) is 0 Å². The summed E-state index contributed by atoms with van der Waals surface area (Å²) in [6.45, 7) is 1.71. The van der Waals surface area contributed by atoms with Gasteiger partial charge in [-0.3, -0.25) is 4.79 Å². The minimum absolute atomic E-state index is 0. The van der Waals surface area contributed by atoms with Gasteiger partial charge in [0.05, 0.1) is 0 Å². The minimum Gasteiger partial charge on any atom is -0.405 e. The van der Waals surface area contributed by atoms with Crippen molar-refractivity contribution in [2.45, 2.75) is 25.2 Å². The Morgan fingerprint density at radius 2 is 1.92 bits per heavy atom. The highest BCUT2D eigenvalue weighted by molar-refractivity contribution is 5.92. The van der Waals surface area contributed by atoms with Gasteiger partial charge in [-0.2, -0.15) is 0 Å². The number of likely N-dealkylation sites (N-methyl/N-ethyl adjacent to an activating group) is 1. The Hall–Kier alpha value is -1.73. The quantitative estimate of drug-likeness (QED) is 0.834. The van der Waals surface area contributed by atoms with Crippen LogP contribution in [0.2, 0.25) is 0 Å². The fourth-order valence-electron chi connectivity index (χ4n) is 2.49. The molecule has 0 aliphatic carbocycles. The first kappa shape index (κ1) is 20.3. The SMILES string of the molecule is CN(C(=O)C=Cc1ccccc1OC(F)(F)F)C1CCNCC1.Cl. The van der Waals surface area contributed by atoms with Crippen molar-refractivity contribution in [2.75, 3.05) is 20.1 Å². The number of para-hydroxylation sites is 1. The molecule has 1 fully saturated rings. The number of nitrogens with one attached hydrogen (secondary N) is 1. The third-order valence-corrected chi connectivity index (χ3v) is 3.75. The van der Waals surface area contributed by atoms with E-state index in [1.165, 1.54) is 30.4 Å². The molecule has 1 N–H and O–H groups in total. The molecule has 1 saturated heterocycles. The number of ether oxygens (including phenoxy) is 1. The van der Waals surface area contributed by atoms with Crippen molar-refractivity contribution in [3.8, 4) is 5.75 Å². The standard InChI is InChI=1S/C16H19F3N2O2.ClH/c1-21(13-8-10-20-11-9-13)15(22)7-6-12-4-2-3-5-14(12)23-16(17,18)19;/h2-7,13,20H,8-11H2,1H3;1H. The summed E-state index contributed by atoms with van der Waals surface area (Å²) in [6.07, 6.45) is -0.408. The molecule has 0 bridgehead atoms. The van der Waals surface area contributed by atoms with E-state index in [4.69, 9.17) is 0 Å². The van der Waals surface area contributed by atoms with Gasteiger partial charge in [0.15, 0.2) is 0 Å². The van der Waals surface area contributed by atoms with Crippen LogP contribution in [0.3, 0.4) is 0 Å². The van der Waals surface area contributed by atoms with Crippen LogP contribution < -0.4 is 10.1 Å². The molecule has 1 aliphatic heterocycles. The molecule has 1 aromatic carbocycles. The monoisotopic (exact) mass is 364 g/mol. The highest BCUT2D eigenvalue weighted by Crippen LogP contribution is 2.27. The second-order valence-corrected chi connectivity index (χ2v) is 5.35. The van der Waals surface area contributed by atoms with E-state index in [9.17, 15) is 18.0 Å². The number of benzene rings is 1. The summed E-state index contributed by atoms with van der Waals surface area (Å²) in [7, 11) is 1.71. The van der Waals surface area contributed by atoms with Crippen LogP contribution in [0.15, 0.2) is 30.3 Å². The molecular weight excluding hydrogens is 345 g/mol. The van der Waals surface area contributed by atoms with E-state index in [0.717, 1.165) is 25.9 Å². The molecule has 8 heteroatoms. The normalized spacial score (nSPS) is 15.8. The Morgan fingerprint density at radius 1 is 1.29 bits per heavy atom. The summed E-state index contributed by atoms with van der Waals surface area (Å²) in [5.41, 5.74) is 0.205. The third-order valence-electron chi connectivity index (χ3n) is 3.75. The lowest BCUT2D eigenvalue weighted by Gasteiger charge is -2.30. The van der Waals surface area contributed by atoms with Gasteiger partial charge in [0.1, 0.15) is 5.75 Å². The van der Waals surface area contributed by atoms with E-state index in [-0.39, 0.29) is 35.7 Å². The first-order valence-corrected chi connectivity index (χ1v) is 7.37. The summed E-state index contributed by atoms with van der Waals surface area (Å²) in [5, 5.41) is 3.22. The fourth-order valence-corrected chi connectivity index (χ4v) is 2.49. The maximum Gasteiger partial charge on any atom is 0.573 e. The van der Waals surface area contributed by atoms with Gasteiger partial charge in [0.25, 0.3) is 0 Å². The molecule has 1 heterocycles. The maximum absolute atomic E-state index is 12.4. The first-order chi connectivity index (χ1) is 10.9. The number of alkyl halides is 3. The lowest BCUT2D eigenvalue weighted by Crippen LogP contribution is -2.43. The first-order valence-electron chi connectivity index (χ1n) is 7.37. The molecule has 1 aromatic rings. The average Bonchev–Trinajstić information content (AvgIpc) is 2.52. The number of rotatable bonds is 4. The molecule has 4 nitrogen and oxygen atoms in total. The van der Waals surface area contributed by atoms with Gasteiger partial charge in [-0.05, 0) is 38.1 Å². The lowest BCUT2D eigenvalue weighted by molar-refractivity contribution is -0.274. The number of piperidine rings is 1. The summed E-state index contributed by atoms with van der Waals surface area (Å²) in [5.74, 6) is -0.563.